The normalized spacial score (nSPS) is 10.2. The number of aromatic nitrogens is 2. The molecule has 0 saturated carbocycles. The van der Waals surface area contributed by atoms with Gasteiger partial charge in [-0.1, -0.05) is 0 Å². The molecule has 1 heterocycles. The Labute approximate surface area is 102 Å². The molecule has 0 spiro atoms. The lowest BCUT2D eigenvalue weighted by atomic mass is 10.3. The number of rotatable bonds is 3. The summed E-state index contributed by atoms with van der Waals surface area (Å²) < 4.78 is 18.3. The van der Waals surface area contributed by atoms with Crippen LogP contribution in [-0.2, 0) is 0 Å². The third-order valence-electron chi connectivity index (χ3n) is 2.01. The van der Waals surface area contributed by atoms with Gasteiger partial charge in [0.25, 0.3) is 0 Å². The number of hydrogen-bond donors (Lipinski definition) is 1. The Morgan fingerprint density at radius 3 is 2.82 bits per heavy atom. The number of nitrogen functional groups attached to an aromatic ring is 1. The van der Waals surface area contributed by atoms with Crippen LogP contribution in [0.15, 0.2) is 35.6 Å². The van der Waals surface area contributed by atoms with Gasteiger partial charge in [-0.05, 0) is 18.4 Å². The van der Waals surface area contributed by atoms with Crippen LogP contribution in [0.3, 0.4) is 0 Å². The predicted molar refractivity (Wildman–Crippen MR) is 64.7 cm³/mol. The van der Waals surface area contributed by atoms with Gasteiger partial charge in [-0.2, -0.15) is 0 Å². The molecule has 6 heteroatoms. The van der Waals surface area contributed by atoms with E-state index in [2.05, 4.69) is 9.97 Å². The van der Waals surface area contributed by atoms with Crippen molar-refractivity contribution in [2.75, 3.05) is 12.0 Å². The van der Waals surface area contributed by atoms with E-state index >= 15 is 0 Å². The van der Waals surface area contributed by atoms with Gasteiger partial charge < -0.3 is 10.5 Å². The topological polar surface area (TPSA) is 61.0 Å². The van der Waals surface area contributed by atoms with Crippen molar-refractivity contribution >= 4 is 17.4 Å². The van der Waals surface area contributed by atoms with Crippen LogP contribution in [0.1, 0.15) is 0 Å². The zero-order valence-electron chi connectivity index (χ0n) is 9.05. The highest BCUT2D eigenvalue weighted by atomic mass is 32.2. The zero-order chi connectivity index (χ0) is 12.3. The van der Waals surface area contributed by atoms with E-state index in [0.29, 0.717) is 11.6 Å². The molecule has 0 aliphatic rings. The van der Waals surface area contributed by atoms with E-state index in [0.717, 1.165) is 5.03 Å². The molecule has 0 aliphatic carbocycles. The predicted octanol–water partition coefficient (Wildman–Crippen LogP) is 2.71. The van der Waals surface area contributed by atoms with E-state index in [4.69, 9.17) is 10.5 Å². The van der Waals surface area contributed by atoms with Crippen LogP contribution < -0.4 is 10.5 Å². The minimum absolute atomic E-state index is 0.231. The maximum atomic E-state index is 12.8. The highest BCUT2D eigenvalue weighted by Gasteiger charge is 2.05. The van der Waals surface area contributed by atoms with Crippen LogP contribution in [0, 0.1) is 5.82 Å². The zero-order valence-corrected chi connectivity index (χ0v) is 9.87. The third kappa shape index (κ3) is 2.85. The molecule has 88 valence electrons. The number of ether oxygens (including phenoxy) is 1. The van der Waals surface area contributed by atoms with Gasteiger partial charge in [0, 0.05) is 12.1 Å². The van der Waals surface area contributed by atoms with Crippen molar-refractivity contribution in [2.24, 2.45) is 0 Å². The third-order valence-corrected chi connectivity index (χ3v) is 2.65. The summed E-state index contributed by atoms with van der Waals surface area (Å²) >= 11 is 1.48. The second kappa shape index (κ2) is 5.01. The molecule has 0 unspecified atom stereocenters. The first kappa shape index (κ1) is 11.7. The number of halogens is 1. The van der Waals surface area contributed by atoms with E-state index in [1.54, 1.807) is 6.07 Å². The second-order valence-corrected chi connectivity index (χ2v) is 4.01. The fourth-order valence-electron chi connectivity index (χ4n) is 1.22. The Kier molecular flexibility index (Phi) is 3.43. The molecule has 0 fully saturated rings. The fourth-order valence-corrected chi connectivity index (χ4v) is 1.59. The molecule has 0 amide bonds. The van der Waals surface area contributed by atoms with Crippen molar-refractivity contribution < 1.29 is 9.13 Å². The molecule has 0 aliphatic heterocycles. The van der Waals surface area contributed by atoms with Crippen LogP contribution in [0.5, 0.6) is 11.6 Å². The van der Waals surface area contributed by atoms with Crippen molar-refractivity contribution in [2.45, 2.75) is 5.03 Å². The van der Waals surface area contributed by atoms with Gasteiger partial charge in [0.2, 0.25) is 5.88 Å². The monoisotopic (exact) mass is 251 g/mol. The van der Waals surface area contributed by atoms with E-state index in [1.807, 2.05) is 6.26 Å². The van der Waals surface area contributed by atoms with E-state index in [-0.39, 0.29) is 5.69 Å². The lowest BCUT2D eigenvalue weighted by Gasteiger charge is -2.07. The first-order valence-electron chi connectivity index (χ1n) is 4.78. The van der Waals surface area contributed by atoms with Gasteiger partial charge in [-0.25, -0.2) is 14.4 Å². The summed E-state index contributed by atoms with van der Waals surface area (Å²) in [6.45, 7) is 0. The lowest BCUT2D eigenvalue weighted by molar-refractivity contribution is 0.459. The number of benzene rings is 1. The molecular weight excluding hydrogens is 241 g/mol. The van der Waals surface area contributed by atoms with Crippen molar-refractivity contribution in [3.63, 3.8) is 0 Å². The Morgan fingerprint density at radius 1 is 1.29 bits per heavy atom. The maximum Gasteiger partial charge on any atom is 0.223 e. The minimum Gasteiger partial charge on any atom is -0.437 e. The van der Waals surface area contributed by atoms with Crippen LogP contribution >= 0.6 is 11.8 Å². The summed E-state index contributed by atoms with van der Waals surface area (Å²) in [5.74, 6) is 0.349. The Bertz CT molecular complexity index is 536. The van der Waals surface area contributed by atoms with Gasteiger partial charge in [0.05, 0.1) is 5.69 Å². The summed E-state index contributed by atoms with van der Waals surface area (Å²) in [5, 5.41) is 0.788. The summed E-state index contributed by atoms with van der Waals surface area (Å²) in [6.07, 6.45) is 3.30. The Balaban J connectivity index is 2.25. The number of thioether (sulfide) groups is 1. The number of anilines is 1. The average Bonchev–Trinajstić information content (AvgIpc) is 2.33. The molecule has 4 nitrogen and oxygen atoms in total. The van der Waals surface area contributed by atoms with Gasteiger partial charge in [-0.15, -0.1) is 11.8 Å². The second-order valence-electron chi connectivity index (χ2n) is 3.18. The minimum atomic E-state index is -0.401. The van der Waals surface area contributed by atoms with Gasteiger partial charge >= 0.3 is 0 Å². The molecule has 17 heavy (non-hydrogen) atoms. The van der Waals surface area contributed by atoms with Crippen LogP contribution in [0.2, 0.25) is 0 Å². The van der Waals surface area contributed by atoms with E-state index < -0.39 is 5.82 Å². The van der Waals surface area contributed by atoms with Crippen LogP contribution in [0.25, 0.3) is 0 Å². The van der Waals surface area contributed by atoms with Crippen LogP contribution in [-0.4, -0.2) is 16.2 Å². The molecule has 0 atom stereocenters. The quantitative estimate of drug-likeness (QED) is 0.516. The Morgan fingerprint density at radius 2 is 2.12 bits per heavy atom. The van der Waals surface area contributed by atoms with Gasteiger partial charge in [-0.3, -0.25) is 0 Å². The molecule has 0 saturated heterocycles. The van der Waals surface area contributed by atoms with Crippen molar-refractivity contribution in [1.29, 1.82) is 0 Å². The molecule has 0 radical (unpaired) electrons. The SMILES string of the molecule is CSc1cc(Oc2ccc(F)cc2N)ncn1. The maximum absolute atomic E-state index is 12.8. The summed E-state index contributed by atoms with van der Waals surface area (Å²) in [5.41, 5.74) is 5.86. The van der Waals surface area contributed by atoms with Gasteiger partial charge in [0.15, 0.2) is 5.75 Å². The lowest BCUT2D eigenvalue weighted by Crippen LogP contribution is -1.95. The Hall–Kier alpha value is -1.82. The smallest absolute Gasteiger partial charge is 0.223 e. The van der Waals surface area contributed by atoms with Crippen molar-refractivity contribution in [3.8, 4) is 11.6 Å². The molecule has 1 aromatic carbocycles. The van der Waals surface area contributed by atoms with E-state index in [9.17, 15) is 4.39 Å². The summed E-state index contributed by atoms with van der Waals surface area (Å²) in [7, 11) is 0. The number of hydrogen-bond acceptors (Lipinski definition) is 5. The fraction of sp³-hybridized carbons (Fsp3) is 0.0909. The first-order valence-corrected chi connectivity index (χ1v) is 6.00. The first-order chi connectivity index (χ1) is 8.19. The number of nitrogens with two attached hydrogens (primary N) is 1. The average molecular weight is 251 g/mol. The standard InChI is InChI=1S/C11H10FN3OS/c1-17-11-5-10(14-6-15-11)16-9-3-2-7(12)4-8(9)13/h2-6H,13H2,1H3. The molecule has 2 rings (SSSR count). The van der Waals surface area contributed by atoms with E-state index in [1.165, 1.54) is 36.3 Å². The molecule has 0 bridgehead atoms. The molecular formula is C11H10FN3OS. The van der Waals surface area contributed by atoms with Gasteiger partial charge in [0.1, 0.15) is 17.2 Å². The van der Waals surface area contributed by atoms with Crippen molar-refractivity contribution in [3.05, 3.63) is 36.4 Å². The molecule has 2 N–H and O–H groups in total. The molecule has 2 aromatic rings. The highest BCUT2D eigenvalue weighted by molar-refractivity contribution is 7.98. The van der Waals surface area contributed by atoms with Crippen LogP contribution in [0.4, 0.5) is 10.1 Å². The summed E-state index contributed by atoms with van der Waals surface area (Å²) in [6, 6.07) is 5.63. The molecule has 1 aromatic heterocycles. The summed E-state index contributed by atoms with van der Waals surface area (Å²) in [4.78, 5) is 7.97. The largest absolute Gasteiger partial charge is 0.437 e. The highest BCUT2D eigenvalue weighted by Crippen LogP contribution is 2.27. The number of nitrogens with zero attached hydrogens (tertiary/aromatic N) is 2. The van der Waals surface area contributed by atoms with Crippen molar-refractivity contribution in [1.82, 2.24) is 9.97 Å².